The van der Waals surface area contributed by atoms with Gasteiger partial charge >= 0.3 is 12.1 Å². The molecule has 1 amide bonds. The van der Waals surface area contributed by atoms with E-state index in [-0.39, 0.29) is 13.0 Å². The third-order valence-corrected chi connectivity index (χ3v) is 3.31. The molecule has 22 heavy (non-hydrogen) atoms. The lowest BCUT2D eigenvalue weighted by molar-refractivity contribution is -0.139. The second-order valence-corrected chi connectivity index (χ2v) is 5.06. The van der Waals surface area contributed by atoms with Crippen LogP contribution in [0.1, 0.15) is 24.8 Å². The minimum Gasteiger partial charge on any atom is -0.480 e. The molecule has 0 saturated heterocycles. The topological polar surface area (TPSA) is 75.6 Å². The first-order chi connectivity index (χ1) is 10.6. The van der Waals surface area contributed by atoms with E-state index in [0.29, 0.717) is 0 Å². The Balaban J connectivity index is 1.84. The summed E-state index contributed by atoms with van der Waals surface area (Å²) in [7, 11) is 0. The van der Waals surface area contributed by atoms with Crippen LogP contribution in [0.5, 0.6) is 0 Å². The van der Waals surface area contributed by atoms with Crippen molar-refractivity contribution < 1.29 is 19.4 Å². The Kier molecular flexibility index (Phi) is 5.77. The Morgan fingerprint density at radius 1 is 1.23 bits per heavy atom. The van der Waals surface area contributed by atoms with Crippen LogP contribution in [-0.4, -0.2) is 23.2 Å². The van der Waals surface area contributed by atoms with E-state index in [4.69, 9.17) is 4.74 Å². The average Bonchev–Trinajstić information content (AvgIpc) is 2.54. The van der Waals surface area contributed by atoms with E-state index in [1.54, 1.807) is 0 Å². The molecule has 2 N–H and O–H groups in total. The minimum absolute atomic E-state index is 0.113. The van der Waals surface area contributed by atoms with Crippen LogP contribution in [0.15, 0.2) is 54.1 Å². The van der Waals surface area contributed by atoms with Crippen LogP contribution in [0.25, 0.3) is 0 Å². The van der Waals surface area contributed by atoms with Gasteiger partial charge in [0.1, 0.15) is 12.6 Å². The van der Waals surface area contributed by atoms with E-state index in [9.17, 15) is 14.7 Å². The first-order valence-electron chi connectivity index (χ1n) is 7.21. The molecule has 0 unspecified atom stereocenters. The van der Waals surface area contributed by atoms with Crippen molar-refractivity contribution >= 4 is 12.1 Å². The Labute approximate surface area is 129 Å². The van der Waals surface area contributed by atoms with Crippen LogP contribution in [0.4, 0.5) is 4.79 Å². The fraction of sp³-hybridized carbons (Fsp3) is 0.294. The zero-order chi connectivity index (χ0) is 15.8. The molecule has 0 heterocycles. The first kappa shape index (κ1) is 15.8. The fourth-order valence-electron chi connectivity index (χ4n) is 2.16. The molecule has 0 saturated carbocycles. The van der Waals surface area contributed by atoms with E-state index >= 15 is 0 Å². The van der Waals surface area contributed by atoms with Crippen molar-refractivity contribution in [2.45, 2.75) is 31.9 Å². The van der Waals surface area contributed by atoms with Crippen LogP contribution < -0.4 is 5.32 Å². The van der Waals surface area contributed by atoms with Gasteiger partial charge < -0.3 is 15.2 Å². The van der Waals surface area contributed by atoms with Gasteiger partial charge in [0, 0.05) is 6.42 Å². The van der Waals surface area contributed by atoms with Gasteiger partial charge in [0.25, 0.3) is 0 Å². The molecule has 5 heteroatoms. The molecule has 0 aromatic heterocycles. The van der Waals surface area contributed by atoms with E-state index in [1.165, 1.54) is 0 Å². The zero-order valence-electron chi connectivity index (χ0n) is 12.2. The van der Waals surface area contributed by atoms with Crippen molar-refractivity contribution in [3.8, 4) is 0 Å². The van der Waals surface area contributed by atoms with Crippen LogP contribution in [-0.2, 0) is 16.1 Å². The minimum atomic E-state index is -1.07. The summed E-state index contributed by atoms with van der Waals surface area (Å²) in [5, 5.41) is 11.6. The molecule has 0 fully saturated rings. The number of carboxylic acid groups (broad SMARTS) is 1. The van der Waals surface area contributed by atoms with Gasteiger partial charge in [-0.3, -0.25) is 0 Å². The Hall–Kier alpha value is -2.56. The highest BCUT2D eigenvalue weighted by Gasteiger charge is 2.21. The molecule has 0 spiro atoms. The Morgan fingerprint density at radius 2 is 2.00 bits per heavy atom. The van der Waals surface area contributed by atoms with Gasteiger partial charge in [0.2, 0.25) is 0 Å². The number of hydrogen-bond acceptors (Lipinski definition) is 3. The summed E-state index contributed by atoms with van der Waals surface area (Å²) in [6, 6.07) is 8.24. The molecule has 1 aliphatic rings. The molecular weight excluding hydrogens is 282 g/mol. The van der Waals surface area contributed by atoms with Gasteiger partial charge in [0.15, 0.2) is 0 Å². The third kappa shape index (κ3) is 5.09. The number of ether oxygens (including phenoxy) is 1. The lowest BCUT2D eigenvalue weighted by atomic mass is 10.0. The van der Waals surface area contributed by atoms with Crippen molar-refractivity contribution in [2.75, 3.05) is 0 Å². The third-order valence-electron chi connectivity index (χ3n) is 3.31. The lowest BCUT2D eigenvalue weighted by Gasteiger charge is -2.16. The molecule has 2 rings (SSSR count). The molecule has 1 aromatic carbocycles. The maximum atomic E-state index is 11.7. The van der Waals surface area contributed by atoms with Gasteiger partial charge in [-0.25, -0.2) is 9.59 Å². The number of rotatable bonds is 6. The highest BCUT2D eigenvalue weighted by Crippen LogP contribution is 2.15. The predicted molar refractivity (Wildman–Crippen MR) is 82.3 cm³/mol. The summed E-state index contributed by atoms with van der Waals surface area (Å²) >= 11 is 0. The maximum absolute atomic E-state index is 11.7. The standard InChI is InChI=1S/C17H19NO4/c19-16(20)15(11-13-7-3-1-4-8-13)18-17(21)22-12-14-9-5-2-6-10-14/h2-3,5-10,15H,1,4,11-12H2,(H,18,21)(H,19,20)/t15-/m1/s1. The quantitative estimate of drug-likeness (QED) is 0.847. The van der Waals surface area contributed by atoms with Gasteiger partial charge in [-0.2, -0.15) is 0 Å². The second kappa shape index (κ2) is 8.02. The summed E-state index contributed by atoms with van der Waals surface area (Å²) in [4.78, 5) is 23.0. The fourth-order valence-corrected chi connectivity index (χ4v) is 2.16. The summed E-state index contributed by atoms with van der Waals surface area (Å²) in [5.41, 5.74) is 1.77. The molecule has 0 aliphatic heterocycles. The normalized spacial score (nSPS) is 14.8. The molecule has 1 atom stereocenters. The van der Waals surface area contributed by atoms with Crippen molar-refractivity contribution in [3.05, 3.63) is 59.7 Å². The molecule has 0 bridgehead atoms. The summed E-state index contributed by atoms with van der Waals surface area (Å²) < 4.78 is 5.05. The molecule has 5 nitrogen and oxygen atoms in total. The first-order valence-corrected chi connectivity index (χ1v) is 7.21. The lowest BCUT2D eigenvalue weighted by Crippen LogP contribution is -2.41. The average molecular weight is 301 g/mol. The Morgan fingerprint density at radius 3 is 2.64 bits per heavy atom. The number of aliphatic carboxylic acids is 1. The predicted octanol–water partition coefficient (Wildman–Crippen LogP) is 3.03. The number of alkyl carbamates (subject to hydrolysis) is 1. The van der Waals surface area contributed by atoms with E-state index in [0.717, 1.165) is 24.0 Å². The summed E-state index contributed by atoms with van der Waals surface area (Å²) in [6.45, 7) is 0.113. The van der Waals surface area contributed by atoms with Crippen molar-refractivity contribution in [3.63, 3.8) is 0 Å². The number of carbonyl (C=O) groups is 2. The van der Waals surface area contributed by atoms with Crippen LogP contribution in [0.3, 0.4) is 0 Å². The zero-order valence-corrected chi connectivity index (χ0v) is 12.2. The summed E-state index contributed by atoms with van der Waals surface area (Å²) in [5.74, 6) is -1.07. The van der Waals surface area contributed by atoms with Gasteiger partial charge in [0.05, 0.1) is 0 Å². The number of amides is 1. The number of benzene rings is 1. The van der Waals surface area contributed by atoms with Crippen molar-refractivity contribution in [1.29, 1.82) is 0 Å². The molecule has 116 valence electrons. The number of hydrogen-bond donors (Lipinski definition) is 2. The second-order valence-electron chi connectivity index (χ2n) is 5.06. The number of nitrogens with one attached hydrogen (secondary N) is 1. The van der Waals surface area contributed by atoms with Gasteiger partial charge in [-0.1, -0.05) is 48.6 Å². The molecule has 0 radical (unpaired) electrons. The van der Waals surface area contributed by atoms with E-state index in [1.807, 2.05) is 48.6 Å². The molecular formula is C17H19NO4. The number of allylic oxidation sites excluding steroid dienone is 3. The largest absolute Gasteiger partial charge is 0.480 e. The van der Waals surface area contributed by atoms with Gasteiger partial charge in [-0.15, -0.1) is 0 Å². The van der Waals surface area contributed by atoms with Crippen molar-refractivity contribution in [2.24, 2.45) is 0 Å². The highest BCUT2D eigenvalue weighted by molar-refractivity contribution is 5.80. The van der Waals surface area contributed by atoms with Crippen LogP contribution >= 0.6 is 0 Å². The monoisotopic (exact) mass is 301 g/mol. The smallest absolute Gasteiger partial charge is 0.408 e. The number of carbonyl (C=O) groups excluding carboxylic acids is 1. The maximum Gasteiger partial charge on any atom is 0.408 e. The Bertz CT molecular complexity index is 578. The molecule has 1 aromatic rings. The van der Waals surface area contributed by atoms with Crippen LogP contribution in [0, 0.1) is 0 Å². The van der Waals surface area contributed by atoms with E-state index < -0.39 is 18.1 Å². The van der Waals surface area contributed by atoms with E-state index in [2.05, 4.69) is 5.32 Å². The highest BCUT2D eigenvalue weighted by atomic mass is 16.5. The van der Waals surface area contributed by atoms with Crippen molar-refractivity contribution in [1.82, 2.24) is 5.32 Å². The van der Waals surface area contributed by atoms with Gasteiger partial charge in [-0.05, 0) is 24.0 Å². The van der Waals surface area contributed by atoms with Crippen LogP contribution in [0.2, 0.25) is 0 Å². The summed E-state index contributed by atoms with van der Waals surface area (Å²) in [6.07, 6.45) is 7.29. The SMILES string of the molecule is O=C(N[C@H](CC1=CCCC=C1)C(=O)O)OCc1ccccc1. The number of carboxylic acids is 1. The molecule has 1 aliphatic carbocycles.